The number of likely N-dealkylation sites (tertiary alicyclic amines) is 1. The van der Waals surface area contributed by atoms with E-state index < -0.39 is 0 Å². The van der Waals surface area contributed by atoms with Crippen molar-refractivity contribution in [1.29, 1.82) is 0 Å². The number of β-amino-alcohol motifs (C(OH)–C–C–N with tert-alkyl or cyclic N) is 1. The zero-order chi connectivity index (χ0) is 14.0. The van der Waals surface area contributed by atoms with Gasteiger partial charge in [0.05, 0.1) is 6.10 Å². The van der Waals surface area contributed by atoms with Crippen molar-refractivity contribution in [3.8, 4) is 0 Å². The third-order valence-corrected chi connectivity index (χ3v) is 4.24. The molecule has 0 radical (unpaired) electrons. The third kappa shape index (κ3) is 3.99. The van der Waals surface area contributed by atoms with Crippen LogP contribution in [0.5, 0.6) is 0 Å². The SMILES string of the molecule is CN(C)CC1CC(O)CN1Cc1cc(F)ccc1Br. The lowest BCUT2D eigenvalue weighted by Gasteiger charge is -2.27. The van der Waals surface area contributed by atoms with Crippen molar-refractivity contribution in [2.24, 2.45) is 0 Å². The van der Waals surface area contributed by atoms with Gasteiger partial charge in [-0.2, -0.15) is 0 Å². The second kappa shape index (κ2) is 6.31. The first-order chi connectivity index (χ1) is 8.95. The lowest BCUT2D eigenvalue weighted by atomic mass is 10.1. The summed E-state index contributed by atoms with van der Waals surface area (Å²) in [6, 6.07) is 5.06. The van der Waals surface area contributed by atoms with Crippen molar-refractivity contribution in [3.63, 3.8) is 0 Å². The number of hydrogen-bond donors (Lipinski definition) is 1. The summed E-state index contributed by atoms with van der Waals surface area (Å²) in [6.07, 6.45) is 0.503. The second-order valence-electron chi connectivity index (χ2n) is 5.47. The molecule has 0 aliphatic carbocycles. The number of halogens is 2. The Morgan fingerprint density at radius 1 is 1.47 bits per heavy atom. The van der Waals surface area contributed by atoms with E-state index in [2.05, 4.69) is 25.7 Å². The summed E-state index contributed by atoms with van der Waals surface area (Å²) in [4.78, 5) is 4.35. The number of benzene rings is 1. The van der Waals surface area contributed by atoms with E-state index >= 15 is 0 Å². The molecule has 5 heteroatoms. The van der Waals surface area contributed by atoms with Gasteiger partial charge < -0.3 is 10.0 Å². The van der Waals surface area contributed by atoms with Crippen molar-refractivity contribution >= 4 is 15.9 Å². The first kappa shape index (κ1) is 14.9. The summed E-state index contributed by atoms with van der Waals surface area (Å²) < 4.78 is 14.2. The molecular formula is C14H20BrFN2O. The lowest BCUT2D eigenvalue weighted by Crippen LogP contribution is -2.37. The fourth-order valence-corrected chi connectivity index (χ4v) is 3.02. The summed E-state index contributed by atoms with van der Waals surface area (Å²) in [5.41, 5.74) is 0.929. The van der Waals surface area contributed by atoms with E-state index in [4.69, 9.17) is 0 Å². The number of likely N-dealkylation sites (N-methyl/N-ethyl adjacent to an activating group) is 1. The Balaban J connectivity index is 2.09. The van der Waals surface area contributed by atoms with Crippen molar-refractivity contribution in [2.45, 2.75) is 25.1 Å². The van der Waals surface area contributed by atoms with Crippen molar-refractivity contribution in [1.82, 2.24) is 9.80 Å². The highest BCUT2D eigenvalue weighted by Crippen LogP contribution is 2.25. The van der Waals surface area contributed by atoms with Gasteiger partial charge >= 0.3 is 0 Å². The van der Waals surface area contributed by atoms with Crippen LogP contribution in [0.2, 0.25) is 0 Å². The van der Waals surface area contributed by atoms with Gasteiger partial charge in [0.1, 0.15) is 5.82 Å². The molecule has 3 nitrogen and oxygen atoms in total. The third-order valence-electron chi connectivity index (χ3n) is 3.46. The van der Waals surface area contributed by atoms with Crippen LogP contribution in [0.15, 0.2) is 22.7 Å². The van der Waals surface area contributed by atoms with E-state index in [0.717, 1.165) is 23.0 Å². The predicted molar refractivity (Wildman–Crippen MR) is 77.5 cm³/mol. The summed E-state index contributed by atoms with van der Waals surface area (Å²) in [5.74, 6) is -0.220. The van der Waals surface area contributed by atoms with Gasteiger partial charge in [-0.25, -0.2) is 4.39 Å². The minimum atomic E-state index is -0.280. The van der Waals surface area contributed by atoms with Gasteiger partial charge in [-0.05, 0) is 44.3 Å². The van der Waals surface area contributed by atoms with Crippen LogP contribution < -0.4 is 0 Å². The highest BCUT2D eigenvalue weighted by Gasteiger charge is 2.31. The van der Waals surface area contributed by atoms with E-state index in [0.29, 0.717) is 19.1 Å². The smallest absolute Gasteiger partial charge is 0.123 e. The maximum atomic E-state index is 13.3. The predicted octanol–water partition coefficient (Wildman–Crippen LogP) is 2.08. The number of hydrogen-bond acceptors (Lipinski definition) is 3. The van der Waals surface area contributed by atoms with Crippen LogP contribution in [-0.4, -0.2) is 54.2 Å². The fraction of sp³-hybridized carbons (Fsp3) is 0.571. The topological polar surface area (TPSA) is 26.7 Å². The molecule has 1 saturated heterocycles. The molecule has 1 aromatic rings. The van der Waals surface area contributed by atoms with Crippen LogP contribution in [0.4, 0.5) is 4.39 Å². The van der Waals surface area contributed by atoms with Crippen LogP contribution in [0.25, 0.3) is 0 Å². The van der Waals surface area contributed by atoms with E-state index in [1.54, 1.807) is 12.1 Å². The van der Waals surface area contributed by atoms with Crippen LogP contribution in [-0.2, 0) is 6.54 Å². The van der Waals surface area contributed by atoms with Gasteiger partial charge in [0.25, 0.3) is 0 Å². The highest BCUT2D eigenvalue weighted by molar-refractivity contribution is 9.10. The standard InChI is InChI=1S/C14H20BrFN2O/c1-17(2)8-12-6-13(19)9-18(12)7-10-5-11(16)3-4-14(10)15/h3-5,12-13,19H,6-9H2,1-2H3. The minimum absolute atomic E-state index is 0.220. The molecule has 2 unspecified atom stereocenters. The molecule has 1 fully saturated rings. The molecule has 0 saturated carbocycles. The summed E-state index contributed by atoms with van der Waals surface area (Å²) in [7, 11) is 4.06. The van der Waals surface area contributed by atoms with Crippen LogP contribution in [0.1, 0.15) is 12.0 Å². The van der Waals surface area contributed by atoms with Crippen LogP contribution >= 0.6 is 15.9 Å². The molecule has 2 rings (SSSR count). The summed E-state index contributed by atoms with van der Waals surface area (Å²) in [5, 5.41) is 9.84. The maximum absolute atomic E-state index is 13.3. The Bertz CT molecular complexity index is 441. The Hall–Kier alpha value is -0.490. The Kier molecular flexibility index (Phi) is 4.95. The van der Waals surface area contributed by atoms with Gasteiger partial charge in [0.2, 0.25) is 0 Å². The molecule has 0 spiro atoms. The molecular weight excluding hydrogens is 311 g/mol. The first-order valence-electron chi connectivity index (χ1n) is 6.46. The molecule has 2 atom stereocenters. The van der Waals surface area contributed by atoms with Gasteiger partial charge in [0, 0.05) is 30.1 Å². The van der Waals surface area contributed by atoms with E-state index in [1.165, 1.54) is 6.07 Å². The fourth-order valence-electron chi connectivity index (χ4n) is 2.65. The second-order valence-corrected chi connectivity index (χ2v) is 6.33. The lowest BCUT2D eigenvalue weighted by molar-refractivity contribution is 0.169. The van der Waals surface area contributed by atoms with Gasteiger partial charge in [-0.15, -0.1) is 0 Å². The summed E-state index contributed by atoms with van der Waals surface area (Å²) >= 11 is 3.46. The zero-order valence-electron chi connectivity index (χ0n) is 11.3. The van der Waals surface area contributed by atoms with Crippen molar-refractivity contribution in [3.05, 3.63) is 34.1 Å². The Morgan fingerprint density at radius 3 is 2.89 bits per heavy atom. The molecule has 1 heterocycles. The highest BCUT2D eigenvalue weighted by atomic mass is 79.9. The molecule has 0 aromatic heterocycles. The molecule has 0 amide bonds. The van der Waals surface area contributed by atoms with Crippen molar-refractivity contribution < 1.29 is 9.50 Å². The van der Waals surface area contributed by atoms with Crippen LogP contribution in [0.3, 0.4) is 0 Å². The van der Waals surface area contributed by atoms with Gasteiger partial charge in [-0.1, -0.05) is 15.9 Å². The normalized spacial score (nSPS) is 24.3. The number of rotatable bonds is 4. The molecule has 1 aromatic carbocycles. The molecule has 1 N–H and O–H groups in total. The average Bonchev–Trinajstić information content (AvgIpc) is 2.63. The van der Waals surface area contributed by atoms with E-state index in [-0.39, 0.29) is 11.9 Å². The molecule has 1 aliphatic heterocycles. The van der Waals surface area contributed by atoms with Crippen molar-refractivity contribution in [2.75, 3.05) is 27.2 Å². The molecule has 19 heavy (non-hydrogen) atoms. The van der Waals surface area contributed by atoms with E-state index in [1.807, 2.05) is 14.1 Å². The minimum Gasteiger partial charge on any atom is -0.392 e. The molecule has 0 bridgehead atoms. The first-order valence-corrected chi connectivity index (χ1v) is 7.26. The maximum Gasteiger partial charge on any atom is 0.123 e. The number of aliphatic hydroxyl groups excluding tert-OH is 1. The van der Waals surface area contributed by atoms with Gasteiger partial charge in [0.15, 0.2) is 0 Å². The molecule has 1 aliphatic rings. The summed E-state index contributed by atoms with van der Waals surface area (Å²) in [6.45, 7) is 2.22. The van der Waals surface area contributed by atoms with Crippen LogP contribution in [0, 0.1) is 5.82 Å². The van der Waals surface area contributed by atoms with Gasteiger partial charge in [-0.3, -0.25) is 4.90 Å². The average molecular weight is 331 g/mol. The Morgan fingerprint density at radius 2 is 2.21 bits per heavy atom. The number of aliphatic hydroxyl groups is 1. The molecule has 106 valence electrons. The zero-order valence-corrected chi connectivity index (χ0v) is 12.9. The largest absolute Gasteiger partial charge is 0.392 e. The number of nitrogens with zero attached hydrogens (tertiary/aromatic N) is 2. The quantitative estimate of drug-likeness (QED) is 0.915. The Labute approximate surface area is 122 Å². The monoisotopic (exact) mass is 330 g/mol. The van der Waals surface area contributed by atoms with E-state index in [9.17, 15) is 9.50 Å².